The third-order valence-electron chi connectivity index (χ3n) is 8.77. The molecule has 10 heteroatoms. The molecule has 0 aromatic heterocycles. The van der Waals surface area contributed by atoms with Gasteiger partial charge in [-0.05, 0) is 74.3 Å². The Morgan fingerprint density at radius 2 is 1.64 bits per heavy atom. The second-order valence-corrected chi connectivity index (χ2v) is 11.8. The maximum Gasteiger partial charge on any atom is 0.321 e. The number of nitrogens with one attached hydrogen (secondary N) is 2. The highest BCUT2D eigenvalue weighted by atomic mass is 19.1. The highest BCUT2D eigenvalue weighted by molar-refractivity contribution is 6.21. The van der Waals surface area contributed by atoms with Gasteiger partial charge >= 0.3 is 6.03 Å². The zero-order valence-corrected chi connectivity index (χ0v) is 24.5. The number of benzene rings is 3. The predicted molar refractivity (Wildman–Crippen MR) is 165 cm³/mol. The Balaban J connectivity index is 1.38. The van der Waals surface area contributed by atoms with Crippen LogP contribution in [0.5, 0.6) is 0 Å². The molecule has 4 amide bonds. The van der Waals surface area contributed by atoms with Crippen molar-refractivity contribution >= 4 is 41.2 Å². The van der Waals surface area contributed by atoms with Gasteiger partial charge in [0, 0.05) is 35.5 Å². The number of anilines is 2. The van der Waals surface area contributed by atoms with E-state index in [4.69, 9.17) is 0 Å². The molecule has 1 unspecified atom stereocenters. The normalized spacial score (nSPS) is 21.1. The van der Waals surface area contributed by atoms with E-state index >= 15 is 4.39 Å². The standard InChI is InChI=1S/C34H34FN5O4/c1-21-6-4-10-27-30(26-9-2-3-11-28(26)35)37-32(38-34(44)36-25-8-5-7-24(16-25)20-41)33(43)40(31(21)27)19-29(42)39-17-22-12-13-23(18-39)15-14-22/h2-11,16,20,22-23,32H,12-15,17-19H2,1H3,(H2,36,38,44). The maximum absolute atomic E-state index is 15.2. The van der Waals surface area contributed by atoms with Gasteiger partial charge < -0.3 is 15.5 Å². The lowest BCUT2D eigenvalue weighted by molar-refractivity contribution is -0.132. The summed E-state index contributed by atoms with van der Waals surface area (Å²) < 4.78 is 15.2. The van der Waals surface area contributed by atoms with Gasteiger partial charge in [0.25, 0.3) is 5.91 Å². The molecule has 9 nitrogen and oxygen atoms in total. The first-order valence-electron chi connectivity index (χ1n) is 15.0. The van der Waals surface area contributed by atoms with Gasteiger partial charge in [0.2, 0.25) is 12.1 Å². The summed E-state index contributed by atoms with van der Waals surface area (Å²) in [5.41, 5.74) is 2.70. The summed E-state index contributed by atoms with van der Waals surface area (Å²) in [6.45, 7) is 2.92. The molecule has 2 bridgehead atoms. The number of amides is 4. The minimum absolute atomic E-state index is 0.162. The topological polar surface area (TPSA) is 111 Å². The number of carbonyl (C=O) groups excluding carboxylic acids is 4. The molecule has 1 atom stereocenters. The monoisotopic (exact) mass is 595 g/mol. The fraction of sp³-hybridized carbons (Fsp3) is 0.324. The van der Waals surface area contributed by atoms with Crippen LogP contribution in [-0.2, 0) is 9.59 Å². The number of rotatable bonds is 6. The van der Waals surface area contributed by atoms with Gasteiger partial charge in [-0.1, -0.05) is 42.5 Å². The van der Waals surface area contributed by atoms with Crippen molar-refractivity contribution in [1.82, 2.24) is 10.2 Å². The highest BCUT2D eigenvalue weighted by Gasteiger charge is 2.38. The fourth-order valence-corrected chi connectivity index (χ4v) is 6.55. The van der Waals surface area contributed by atoms with Crippen molar-refractivity contribution in [2.45, 2.75) is 38.8 Å². The number of carbonyl (C=O) groups is 4. The van der Waals surface area contributed by atoms with Gasteiger partial charge in [0.1, 0.15) is 18.6 Å². The number of fused-ring (bicyclic) bond motifs is 5. The van der Waals surface area contributed by atoms with Gasteiger partial charge in [-0.25, -0.2) is 14.2 Å². The molecular weight excluding hydrogens is 561 g/mol. The Morgan fingerprint density at radius 1 is 0.955 bits per heavy atom. The maximum atomic E-state index is 15.2. The van der Waals surface area contributed by atoms with Crippen molar-refractivity contribution < 1.29 is 23.6 Å². The van der Waals surface area contributed by atoms with Crippen molar-refractivity contribution in [3.05, 3.63) is 94.8 Å². The van der Waals surface area contributed by atoms with Crippen LogP contribution in [0.2, 0.25) is 0 Å². The molecule has 4 aliphatic rings. The van der Waals surface area contributed by atoms with E-state index < -0.39 is 23.9 Å². The molecule has 3 aromatic rings. The molecule has 1 saturated carbocycles. The number of hydrogen-bond acceptors (Lipinski definition) is 5. The smallest absolute Gasteiger partial charge is 0.321 e. The third kappa shape index (κ3) is 5.97. The number of aliphatic imine (C=N–C) groups is 1. The Hall–Kier alpha value is -4.86. The summed E-state index contributed by atoms with van der Waals surface area (Å²) in [6, 6.07) is 17.1. The number of urea groups is 1. The van der Waals surface area contributed by atoms with Gasteiger partial charge in [0.15, 0.2) is 0 Å². The van der Waals surface area contributed by atoms with Gasteiger partial charge in [0.05, 0.1) is 11.4 Å². The number of halogens is 1. The summed E-state index contributed by atoms with van der Waals surface area (Å²) in [7, 11) is 0. The van der Waals surface area contributed by atoms with E-state index in [-0.39, 0.29) is 23.7 Å². The lowest BCUT2D eigenvalue weighted by Gasteiger charge is -2.30. The molecule has 44 heavy (non-hydrogen) atoms. The Labute approximate surface area is 255 Å². The highest BCUT2D eigenvalue weighted by Crippen LogP contribution is 2.35. The first-order chi connectivity index (χ1) is 21.3. The molecule has 1 aliphatic carbocycles. The Bertz CT molecular complexity index is 1630. The zero-order chi connectivity index (χ0) is 30.8. The molecule has 226 valence electrons. The van der Waals surface area contributed by atoms with Crippen LogP contribution in [0.3, 0.4) is 0 Å². The van der Waals surface area contributed by atoms with E-state index in [1.807, 2.05) is 17.9 Å². The summed E-state index contributed by atoms with van der Waals surface area (Å²) in [5.74, 6) is -0.411. The van der Waals surface area contributed by atoms with Crippen LogP contribution in [0.25, 0.3) is 0 Å². The molecule has 2 N–H and O–H groups in total. The van der Waals surface area contributed by atoms with E-state index in [0.29, 0.717) is 59.3 Å². The third-order valence-corrected chi connectivity index (χ3v) is 8.77. The second-order valence-electron chi connectivity index (χ2n) is 11.8. The number of benzodiazepines with no additional fused rings is 1. The molecule has 0 radical (unpaired) electrons. The minimum atomic E-state index is -1.47. The number of para-hydroxylation sites is 1. The van der Waals surface area contributed by atoms with Gasteiger partial charge in [-0.15, -0.1) is 0 Å². The van der Waals surface area contributed by atoms with Crippen LogP contribution in [0.4, 0.5) is 20.6 Å². The largest absolute Gasteiger partial charge is 0.341 e. The van der Waals surface area contributed by atoms with Crippen LogP contribution in [0.15, 0.2) is 71.7 Å². The van der Waals surface area contributed by atoms with E-state index in [2.05, 4.69) is 15.6 Å². The molecule has 3 aromatic carbocycles. The summed E-state index contributed by atoms with van der Waals surface area (Å²) >= 11 is 0. The zero-order valence-electron chi connectivity index (χ0n) is 24.5. The van der Waals surface area contributed by atoms with Crippen molar-refractivity contribution in [3.63, 3.8) is 0 Å². The van der Waals surface area contributed by atoms with E-state index in [1.165, 1.54) is 17.0 Å². The Kier molecular flexibility index (Phi) is 8.23. The van der Waals surface area contributed by atoms with Crippen LogP contribution in [0.1, 0.15) is 52.7 Å². The van der Waals surface area contributed by atoms with Crippen LogP contribution in [0, 0.1) is 24.6 Å². The first-order valence-corrected chi connectivity index (χ1v) is 15.0. The first kappa shape index (κ1) is 29.2. The average molecular weight is 596 g/mol. The summed E-state index contributed by atoms with van der Waals surface area (Å²) in [5, 5.41) is 5.26. The van der Waals surface area contributed by atoms with Crippen molar-refractivity contribution in [2.24, 2.45) is 16.8 Å². The van der Waals surface area contributed by atoms with Crippen LogP contribution >= 0.6 is 0 Å². The minimum Gasteiger partial charge on any atom is -0.341 e. The fourth-order valence-electron chi connectivity index (χ4n) is 6.55. The number of aryl methyl sites for hydroxylation is 1. The SMILES string of the molecule is Cc1cccc2c1N(CC(=O)N1CC3CCC(CC3)C1)C(=O)C(NC(=O)Nc1cccc(C=O)c1)N=C2c1ccccc1F. The Morgan fingerprint density at radius 3 is 2.34 bits per heavy atom. The van der Waals surface area contributed by atoms with Crippen molar-refractivity contribution in [3.8, 4) is 0 Å². The summed E-state index contributed by atoms with van der Waals surface area (Å²) in [6.07, 6.45) is 3.61. The van der Waals surface area contributed by atoms with Crippen LogP contribution < -0.4 is 15.5 Å². The van der Waals surface area contributed by atoms with E-state index in [9.17, 15) is 19.2 Å². The molecule has 3 aliphatic heterocycles. The molecule has 2 saturated heterocycles. The van der Waals surface area contributed by atoms with Crippen molar-refractivity contribution in [1.29, 1.82) is 0 Å². The number of hydrogen-bond donors (Lipinski definition) is 2. The molecule has 3 fully saturated rings. The number of nitrogens with zero attached hydrogens (tertiary/aromatic N) is 3. The lowest BCUT2D eigenvalue weighted by atomic mass is 9.84. The molecule has 0 spiro atoms. The summed E-state index contributed by atoms with van der Waals surface area (Å²) in [4.78, 5) is 60.5. The van der Waals surface area contributed by atoms with Crippen LogP contribution in [-0.4, -0.2) is 60.5 Å². The predicted octanol–water partition coefficient (Wildman–Crippen LogP) is 4.93. The quantitative estimate of drug-likeness (QED) is 0.394. The number of aldehydes is 1. The van der Waals surface area contributed by atoms with E-state index in [0.717, 1.165) is 25.7 Å². The van der Waals surface area contributed by atoms with E-state index in [1.54, 1.807) is 48.5 Å². The molecule has 7 rings (SSSR count). The molecule has 3 heterocycles. The van der Waals surface area contributed by atoms with Gasteiger partial charge in [-0.3, -0.25) is 19.3 Å². The molecular formula is C34H34FN5O4. The average Bonchev–Trinajstić information content (AvgIpc) is 3.41. The van der Waals surface area contributed by atoms with Crippen molar-refractivity contribution in [2.75, 3.05) is 29.9 Å². The second kappa shape index (κ2) is 12.4. The lowest BCUT2D eigenvalue weighted by Crippen LogP contribution is -2.52. The van der Waals surface area contributed by atoms with Gasteiger partial charge in [-0.2, -0.15) is 0 Å².